The highest BCUT2D eigenvalue weighted by molar-refractivity contribution is 7.10. The monoisotopic (exact) mass is 428 g/mol. The van der Waals surface area contributed by atoms with Crippen molar-refractivity contribution in [2.24, 2.45) is 0 Å². The molecule has 0 aliphatic carbocycles. The number of nitro benzene ring substituents is 1. The summed E-state index contributed by atoms with van der Waals surface area (Å²) in [5.74, 6) is -1.79. The number of carbonyl (C=O) groups is 2. The lowest BCUT2D eigenvalue weighted by molar-refractivity contribution is -0.384. The number of thiophene rings is 1. The average Bonchev–Trinajstić information content (AvgIpc) is 3.27. The van der Waals surface area contributed by atoms with Gasteiger partial charge in [0.05, 0.1) is 23.1 Å². The molecule has 0 saturated carbocycles. The third kappa shape index (κ3) is 4.87. The Morgan fingerprint density at radius 2 is 1.87 bits per heavy atom. The average molecular weight is 428 g/mol. The second kappa shape index (κ2) is 9.27. The molecule has 7 nitrogen and oxygen atoms in total. The zero-order valence-corrected chi connectivity index (χ0v) is 16.6. The van der Waals surface area contributed by atoms with Crippen molar-refractivity contribution in [1.29, 1.82) is 0 Å². The maximum Gasteiger partial charge on any atom is 0.338 e. The number of rotatable bonds is 7. The Kier molecular flexibility index (Phi) is 6.53. The molecule has 30 heavy (non-hydrogen) atoms. The van der Waals surface area contributed by atoms with Crippen LogP contribution in [0.5, 0.6) is 0 Å². The summed E-state index contributed by atoms with van der Waals surface area (Å²) >= 11 is 1.40. The molecule has 1 unspecified atom stereocenters. The summed E-state index contributed by atoms with van der Waals surface area (Å²) in [4.78, 5) is 36.4. The molecule has 0 aliphatic rings. The molecule has 0 aliphatic heterocycles. The number of ether oxygens (including phenoxy) is 1. The second-order valence-corrected chi connectivity index (χ2v) is 7.20. The maximum atomic E-state index is 13.3. The lowest BCUT2D eigenvalue weighted by Gasteiger charge is -2.18. The minimum atomic E-state index is -0.761. The number of nitrogens with one attached hydrogen (secondary N) is 1. The topological polar surface area (TPSA) is 98.5 Å². The van der Waals surface area contributed by atoms with Crippen molar-refractivity contribution in [3.05, 3.63) is 97.5 Å². The maximum absolute atomic E-state index is 13.3. The Labute approximate surface area is 175 Å². The van der Waals surface area contributed by atoms with Gasteiger partial charge >= 0.3 is 5.97 Å². The third-order valence-corrected chi connectivity index (χ3v) is 5.15. The predicted octanol–water partition coefficient (Wildman–Crippen LogP) is 4.49. The first-order chi connectivity index (χ1) is 14.4. The van der Waals surface area contributed by atoms with E-state index in [9.17, 15) is 24.1 Å². The summed E-state index contributed by atoms with van der Waals surface area (Å²) in [6.45, 7) is 1.70. The van der Waals surface area contributed by atoms with Crippen molar-refractivity contribution < 1.29 is 23.6 Å². The van der Waals surface area contributed by atoms with Crippen LogP contribution in [0.3, 0.4) is 0 Å². The fourth-order valence-electron chi connectivity index (χ4n) is 2.82. The van der Waals surface area contributed by atoms with E-state index in [2.05, 4.69) is 5.32 Å². The second-order valence-electron chi connectivity index (χ2n) is 6.22. The van der Waals surface area contributed by atoms with E-state index in [1.807, 2.05) is 17.5 Å². The van der Waals surface area contributed by atoms with Crippen LogP contribution in [0.25, 0.3) is 0 Å². The van der Waals surface area contributed by atoms with Gasteiger partial charge in [-0.3, -0.25) is 14.9 Å². The van der Waals surface area contributed by atoms with E-state index in [1.165, 1.54) is 29.5 Å². The van der Waals surface area contributed by atoms with E-state index < -0.39 is 34.3 Å². The first kappa shape index (κ1) is 21.1. The Hall–Kier alpha value is -3.59. The molecule has 1 atom stereocenters. The Morgan fingerprint density at radius 1 is 1.17 bits per heavy atom. The van der Waals surface area contributed by atoms with E-state index >= 15 is 0 Å². The molecular weight excluding hydrogens is 411 g/mol. The quantitative estimate of drug-likeness (QED) is 0.340. The van der Waals surface area contributed by atoms with Crippen molar-refractivity contribution >= 4 is 28.9 Å². The van der Waals surface area contributed by atoms with Crippen LogP contribution in [0.4, 0.5) is 10.1 Å². The van der Waals surface area contributed by atoms with Crippen molar-refractivity contribution in [1.82, 2.24) is 5.32 Å². The minimum absolute atomic E-state index is 0.0593. The van der Waals surface area contributed by atoms with E-state index in [1.54, 1.807) is 19.1 Å². The molecule has 0 saturated heterocycles. The van der Waals surface area contributed by atoms with Gasteiger partial charge in [-0.1, -0.05) is 18.2 Å². The van der Waals surface area contributed by atoms with Gasteiger partial charge in [0.1, 0.15) is 5.82 Å². The van der Waals surface area contributed by atoms with Crippen LogP contribution < -0.4 is 5.32 Å². The molecule has 0 radical (unpaired) electrons. The number of hydrogen-bond acceptors (Lipinski definition) is 6. The van der Waals surface area contributed by atoms with Gasteiger partial charge in [0.15, 0.2) is 0 Å². The van der Waals surface area contributed by atoms with E-state index in [0.29, 0.717) is 5.56 Å². The van der Waals surface area contributed by atoms with Gasteiger partial charge in [0.25, 0.3) is 11.6 Å². The number of hydrogen-bond donors (Lipinski definition) is 1. The summed E-state index contributed by atoms with van der Waals surface area (Å²) in [6.07, 6.45) is 0. The molecule has 1 N–H and O–H groups in total. The van der Waals surface area contributed by atoms with Crippen LogP contribution >= 0.6 is 11.3 Å². The van der Waals surface area contributed by atoms with Crippen LogP contribution in [-0.2, 0) is 4.74 Å². The van der Waals surface area contributed by atoms with Crippen LogP contribution in [0.15, 0.2) is 60.0 Å². The molecule has 2 aromatic carbocycles. The van der Waals surface area contributed by atoms with Gasteiger partial charge in [-0.25, -0.2) is 9.18 Å². The van der Waals surface area contributed by atoms with Crippen LogP contribution in [0.2, 0.25) is 0 Å². The van der Waals surface area contributed by atoms with Gasteiger partial charge in [-0.05, 0) is 42.1 Å². The van der Waals surface area contributed by atoms with E-state index in [0.717, 1.165) is 17.0 Å². The highest BCUT2D eigenvalue weighted by Gasteiger charge is 2.22. The number of halogens is 1. The van der Waals surface area contributed by atoms with Gasteiger partial charge in [-0.15, -0.1) is 11.3 Å². The summed E-state index contributed by atoms with van der Waals surface area (Å²) in [7, 11) is 0. The largest absolute Gasteiger partial charge is 0.462 e. The van der Waals surface area contributed by atoms with Crippen LogP contribution in [0, 0.1) is 15.9 Å². The molecule has 1 aromatic heterocycles. The molecule has 154 valence electrons. The number of benzene rings is 2. The van der Waals surface area contributed by atoms with Gasteiger partial charge in [0.2, 0.25) is 0 Å². The standard InChI is InChI=1S/C21H17FN2O5S/c1-2-29-21(26)15-10-14(11-17(12-15)24(27)28)20(25)23-19(18-4-3-9-30-18)13-5-7-16(22)8-6-13/h3-12,19H,2H2,1H3,(H,23,25). The Balaban J connectivity index is 1.96. The van der Waals surface area contributed by atoms with Crippen molar-refractivity contribution in [3.63, 3.8) is 0 Å². The summed E-state index contributed by atoms with van der Waals surface area (Å²) in [5.41, 5.74) is 0.0879. The molecule has 0 bridgehead atoms. The fraction of sp³-hybridized carbons (Fsp3) is 0.143. The summed E-state index contributed by atoms with van der Waals surface area (Å²) < 4.78 is 18.2. The van der Waals surface area contributed by atoms with Crippen molar-refractivity contribution in [2.75, 3.05) is 6.61 Å². The zero-order valence-electron chi connectivity index (χ0n) is 15.8. The number of nitrogens with zero attached hydrogens (tertiary/aromatic N) is 1. The molecule has 0 spiro atoms. The molecule has 9 heteroatoms. The van der Waals surface area contributed by atoms with Crippen molar-refractivity contribution in [3.8, 4) is 0 Å². The normalized spacial score (nSPS) is 11.5. The molecule has 3 rings (SSSR count). The lowest BCUT2D eigenvalue weighted by atomic mass is 10.0. The Morgan fingerprint density at radius 3 is 2.47 bits per heavy atom. The number of esters is 1. The van der Waals surface area contributed by atoms with Crippen LogP contribution in [0.1, 0.15) is 44.1 Å². The molecule has 0 fully saturated rings. The first-order valence-corrected chi connectivity index (χ1v) is 9.83. The molecule has 1 heterocycles. The van der Waals surface area contributed by atoms with Crippen molar-refractivity contribution in [2.45, 2.75) is 13.0 Å². The fourth-order valence-corrected chi connectivity index (χ4v) is 3.63. The number of non-ortho nitro benzene ring substituents is 1. The van der Waals surface area contributed by atoms with E-state index in [-0.39, 0.29) is 17.7 Å². The number of carbonyl (C=O) groups excluding carboxylic acids is 2. The molecular formula is C21H17FN2O5S. The highest BCUT2D eigenvalue weighted by Crippen LogP contribution is 2.27. The zero-order chi connectivity index (χ0) is 21.7. The first-order valence-electron chi connectivity index (χ1n) is 8.95. The summed E-state index contributed by atoms with van der Waals surface area (Å²) in [6, 6.07) is 12.1. The lowest BCUT2D eigenvalue weighted by Crippen LogP contribution is -2.29. The van der Waals surface area contributed by atoms with Gasteiger partial charge in [-0.2, -0.15) is 0 Å². The minimum Gasteiger partial charge on any atom is -0.462 e. The van der Waals surface area contributed by atoms with E-state index in [4.69, 9.17) is 4.74 Å². The third-order valence-electron chi connectivity index (χ3n) is 4.21. The highest BCUT2D eigenvalue weighted by atomic mass is 32.1. The van der Waals surface area contributed by atoms with Crippen LogP contribution in [-0.4, -0.2) is 23.4 Å². The number of amides is 1. The number of nitro groups is 1. The predicted molar refractivity (Wildman–Crippen MR) is 109 cm³/mol. The molecule has 1 amide bonds. The van der Waals surface area contributed by atoms with Gasteiger partial charge in [0, 0.05) is 22.6 Å². The van der Waals surface area contributed by atoms with Gasteiger partial charge < -0.3 is 10.1 Å². The molecule has 3 aromatic rings. The summed E-state index contributed by atoms with van der Waals surface area (Å²) in [5, 5.41) is 15.9. The Bertz CT molecular complexity index is 1070. The SMILES string of the molecule is CCOC(=O)c1cc(C(=O)NC(c2ccc(F)cc2)c2cccs2)cc([N+](=O)[O-])c1. The smallest absolute Gasteiger partial charge is 0.338 e.